The number of aromatic nitrogens is 1. The molecular formula is C15H17ClN2. The van der Waals surface area contributed by atoms with Crippen molar-refractivity contribution in [2.45, 2.75) is 19.7 Å². The molecule has 0 N–H and O–H groups in total. The van der Waals surface area contributed by atoms with E-state index in [2.05, 4.69) is 35.0 Å². The molecule has 0 amide bonds. The number of hydrogen-bond donors (Lipinski definition) is 0. The molecule has 94 valence electrons. The Morgan fingerprint density at radius 2 is 1.83 bits per heavy atom. The number of alkyl halides is 1. The maximum atomic E-state index is 5.86. The van der Waals surface area contributed by atoms with E-state index in [1.165, 1.54) is 0 Å². The summed E-state index contributed by atoms with van der Waals surface area (Å²) in [6, 6.07) is 14.4. The summed E-state index contributed by atoms with van der Waals surface area (Å²) < 4.78 is 0. The van der Waals surface area contributed by atoms with Gasteiger partial charge in [0.1, 0.15) is 5.82 Å². The molecule has 0 aliphatic rings. The van der Waals surface area contributed by atoms with Crippen LogP contribution in [-0.4, -0.2) is 11.5 Å². The van der Waals surface area contributed by atoms with E-state index in [4.69, 9.17) is 11.6 Å². The second-order valence-corrected chi connectivity index (χ2v) is 4.39. The van der Waals surface area contributed by atoms with E-state index in [0.717, 1.165) is 29.3 Å². The van der Waals surface area contributed by atoms with Crippen molar-refractivity contribution in [1.82, 2.24) is 4.98 Å². The highest BCUT2D eigenvalue weighted by Gasteiger charge is 2.09. The van der Waals surface area contributed by atoms with Crippen LogP contribution in [0.5, 0.6) is 0 Å². The molecule has 0 bridgehead atoms. The molecule has 1 aromatic heterocycles. The second kappa shape index (κ2) is 5.87. The molecule has 2 rings (SSSR count). The molecule has 0 unspecified atom stereocenters. The molecule has 0 atom stereocenters. The van der Waals surface area contributed by atoms with Crippen LogP contribution in [0, 0.1) is 6.92 Å². The van der Waals surface area contributed by atoms with E-state index in [1.54, 1.807) is 0 Å². The minimum Gasteiger partial charge on any atom is -0.327 e. The van der Waals surface area contributed by atoms with E-state index in [1.807, 2.05) is 31.2 Å². The maximum Gasteiger partial charge on any atom is 0.133 e. The van der Waals surface area contributed by atoms with E-state index < -0.39 is 0 Å². The summed E-state index contributed by atoms with van der Waals surface area (Å²) in [6.07, 6.45) is 0. The molecule has 1 aromatic carbocycles. The van der Waals surface area contributed by atoms with Gasteiger partial charge in [-0.25, -0.2) is 4.98 Å². The quantitative estimate of drug-likeness (QED) is 0.763. The van der Waals surface area contributed by atoms with Gasteiger partial charge in [0, 0.05) is 23.8 Å². The molecule has 0 aliphatic carbocycles. The molecule has 1 heterocycles. The zero-order chi connectivity index (χ0) is 13.0. The van der Waals surface area contributed by atoms with Gasteiger partial charge in [0.15, 0.2) is 0 Å². The Labute approximate surface area is 113 Å². The van der Waals surface area contributed by atoms with Gasteiger partial charge in [0.05, 0.1) is 0 Å². The summed E-state index contributed by atoms with van der Waals surface area (Å²) in [4.78, 5) is 6.82. The van der Waals surface area contributed by atoms with Gasteiger partial charge >= 0.3 is 0 Å². The van der Waals surface area contributed by atoms with Crippen molar-refractivity contribution < 1.29 is 0 Å². The topological polar surface area (TPSA) is 16.1 Å². The molecule has 2 nitrogen and oxygen atoms in total. The van der Waals surface area contributed by atoms with Crippen molar-refractivity contribution in [2.75, 3.05) is 11.4 Å². The van der Waals surface area contributed by atoms with Crippen LogP contribution in [0.1, 0.15) is 18.2 Å². The van der Waals surface area contributed by atoms with Gasteiger partial charge in [0.2, 0.25) is 0 Å². The third kappa shape index (κ3) is 2.65. The van der Waals surface area contributed by atoms with Gasteiger partial charge in [-0.3, -0.25) is 0 Å². The van der Waals surface area contributed by atoms with Gasteiger partial charge in [-0.15, -0.1) is 11.6 Å². The van der Waals surface area contributed by atoms with Crippen molar-refractivity contribution in [1.29, 1.82) is 0 Å². The molecule has 0 saturated heterocycles. The fraction of sp³-hybridized carbons (Fsp3) is 0.267. The summed E-state index contributed by atoms with van der Waals surface area (Å²) in [5.41, 5.74) is 3.24. The summed E-state index contributed by atoms with van der Waals surface area (Å²) >= 11 is 5.86. The summed E-state index contributed by atoms with van der Waals surface area (Å²) in [7, 11) is 0. The molecule has 0 saturated carbocycles. The van der Waals surface area contributed by atoms with Crippen LogP contribution >= 0.6 is 11.6 Å². The zero-order valence-corrected chi connectivity index (χ0v) is 11.5. The monoisotopic (exact) mass is 260 g/mol. The van der Waals surface area contributed by atoms with Crippen LogP contribution in [-0.2, 0) is 5.88 Å². The Hall–Kier alpha value is -1.54. The van der Waals surface area contributed by atoms with Crippen molar-refractivity contribution in [3.8, 4) is 0 Å². The van der Waals surface area contributed by atoms with Crippen molar-refractivity contribution in [2.24, 2.45) is 0 Å². The molecule has 0 fully saturated rings. The van der Waals surface area contributed by atoms with Gasteiger partial charge in [0.25, 0.3) is 0 Å². The average molecular weight is 261 g/mol. The fourth-order valence-corrected chi connectivity index (χ4v) is 2.24. The lowest BCUT2D eigenvalue weighted by Gasteiger charge is -2.22. The van der Waals surface area contributed by atoms with Gasteiger partial charge in [-0.05, 0) is 37.6 Å². The van der Waals surface area contributed by atoms with Crippen LogP contribution in [0.4, 0.5) is 11.5 Å². The number of halogens is 1. The number of pyridine rings is 1. The minimum atomic E-state index is 0.510. The Morgan fingerprint density at radius 1 is 1.11 bits per heavy atom. The van der Waals surface area contributed by atoms with Gasteiger partial charge in [-0.1, -0.05) is 24.3 Å². The predicted molar refractivity (Wildman–Crippen MR) is 77.7 cm³/mol. The maximum absolute atomic E-state index is 5.86. The standard InChI is InChI=1S/C15H17ClN2/c1-3-18(14-7-5-4-6-8-14)15-10-9-13(11-16)12(2)17-15/h4-10H,3,11H2,1-2H3. The Balaban J connectivity index is 2.37. The normalized spacial score (nSPS) is 10.4. The molecule has 2 aromatic rings. The summed E-state index contributed by atoms with van der Waals surface area (Å²) in [5.74, 6) is 1.48. The lowest BCUT2D eigenvalue weighted by Crippen LogP contribution is -2.17. The third-order valence-electron chi connectivity index (χ3n) is 2.99. The number of hydrogen-bond acceptors (Lipinski definition) is 2. The molecule has 18 heavy (non-hydrogen) atoms. The lowest BCUT2D eigenvalue weighted by molar-refractivity contribution is 0.972. The lowest BCUT2D eigenvalue weighted by atomic mass is 10.2. The average Bonchev–Trinajstić information content (AvgIpc) is 2.41. The largest absolute Gasteiger partial charge is 0.327 e. The highest BCUT2D eigenvalue weighted by atomic mass is 35.5. The van der Waals surface area contributed by atoms with Crippen LogP contribution < -0.4 is 4.90 Å². The van der Waals surface area contributed by atoms with Crippen molar-refractivity contribution in [3.63, 3.8) is 0 Å². The number of para-hydroxylation sites is 1. The third-order valence-corrected chi connectivity index (χ3v) is 3.27. The molecule has 0 radical (unpaired) electrons. The number of nitrogens with zero attached hydrogens (tertiary/aromatic N) is 2. The first-order valence-corrected chi connectivity index (χ1v) is 6.64. The van der Waals surface area contributed by atoms with E-state index in [0.29, 0.717) is 5.88 Å². The Kier molecular flexibility index (Phi) is 4.21. The number of rotatable bonds is 4. The first-order chi connectivity index (χ1) is 8.76. The fourth-order valence-electron chi connectivity index (χ4n) is 1.95. The van der Waals surface area contributed by atoms with Gasteiger partial charge in [-0.2, -0.15) is 0 Å². The highest BCUT2D eigenvalue weighted by Crippen LogP contribution is 2.24. The molecular weight excluding hydrogens is 244 g/mol. The van der Waals surface area contributed by atoms with Crippen molar-refractivity contribution >= 4 is 23.1 Å². The van der Waals surface area contributed by atoms with Crippen LogP contribution in [0.3, 0.4) is 0 Å². The van der Waals surface area contributed by atoms with Crippen molar-refractivity contribution in [3.05, 3.63) is 53.7 Å². The van der Waals surface area contributed by atoms with Gasteiger partial charge < -0.3 is 4.90 Å². The smallest absolute Gasteiger partial charge is 0.133 e. The summed E-state index contributed by atoms with van der Waals surface area (Å²) in [6.45, 7) is 5.01. The van der Waals surface area contributed by atoms with Crippen LogP contribution in [0.15, 0.2) is 42.5 Å². The first-order valence-electron chi connectivity index (χ1n) is 6.11. The first kappa shape index (κ1) is 12.9. The SMILES string of the molecule is CCN(c1ccccc1)c1ccc(CCl)c(C)n1. The molecule has 0 spiro atoms. The highest BCUT2D eigenvalue weighted by molar-refractivity contribution is 6.17. The second-order valence-electron chi connectivity index (χ2n) is 4.13. The Morgan fingerprint density at radius 3 is 2.39 bits per heavy atom. The van der Waals surface area contributed by atoms with E-state index in [-0.39, 0.29) is 0 Å². The minimum absolute atomic E-state index is 0.510. The zero-order valence-electron chi connectivity index (χ0n) is 10.7. The number of anilines is 2. The molecule has 3 heteroatoms. The van der Waals surface area contributed by atoms with Crippen LogP contribution in [0.2, 0.25) is 0 Å². The predicted octanol–water partition coefficient (Wildman–Crippen LogP) is 4.29. The van der Waals surface area contributed by atoms with Crippen LogP contribution in [0.25, 0.3) is 0 Å². The summed E-state index contributed by atoms with van der Waals surface area (Å²) in [5, 5.41) is 0. The van der Waals surface area contributed by atoms with E-state index >= 15 is 0 Å². The Bertz CT molecular complexity index is 511. The van der Waals surface area contributed by atoms with E-state index in [9.17, 15) is 0 Å². The number of aryl methyl sites for hydroxylation is 1. The number of benzene rings is 1. The molecule has 0 aliphatic heterocycles.